The number of nitriles is 1. The molecule has 1 aliphatic heterocycles. The van der Waals surface area contributed by atoms with E-state index in [1.807, 2.05) is 43.3 Å². The van der Waals surface area contributed by atoms with Crippen LogP contribution >= 0.6 is 0 Å². The largest absolute Gasteiger partial charge is 0.492 e. The van der Waals surface area contributed by atoms with Crippen molar-refractivity contribution < 1.29 is 14.2 Å². The lowest BCUT2D eigenvalue weighted by Gasteiger charge is -2.23. The molecule has 1 fully saturated rings. The number of aryl methyl sites for hydroxylation is 1. The van der Waals surface area contributed by atoms with Crippen molar-refractivity contribution >= 4 is 11.6 Å². The van der Waals surface area contributed by atoms with Gasteiger partial charge in [0.2, 0.25) is 5.95 Å². The van der Waals surface area contributed by atoms with Crippen LogP contribution in [0, 0.1) is 18.3 Å². The normalized spacial score (nSPS) is 13.8. The highest BCUT2D eigenvalue weighted by Crippen LogP contribution is 2.29. The Morgan fingerprint density at radius 1 is 1.15 bits per heavy atom. The number of hydrogen-bond acceptors (Lipinski definition) is 8. The molecule has 0 saturated carbocycles. The highest BCUT2D eigenvalue weighted by atomic mass is 16.5. The molecule has 170 valence electrons. The zero-order chi connectivity index (χ0) is 23.0. The van der Waals surface area contributed by atoms with Crippen LogP contribution in [0.15, 0.2) is 48.7 Å². The Bertz CT molecular complexity index is 1140. The van der Waals surface area contributed by atoms with Crippen LogP contribution in [0.5, 0.6) is 11.5 Å². The third kappa shape index (κ3) is 5.77. The Morgan fingerprint density at radius 2 is 2.00 bits per heavy atom. The average Bonchev–Trinajstić information content (AvgIpc) is 2.85. The maximum absolute atomic E-state index is 9.66. The van der Waals surface area contributed by atoms with Crippen LogP contribution in [0.25, 0.3) is 11.3 Å². The molecule has 2 heterocycles. The van der Waals surface area contributed by atoms with Gasteiger partial charge in [-0.2, -0.15) is 5.26 Å². The fraction of sp³-hybridized carbons (Fsp3) is 0.320. The highest BCUT2D eigenvalue weighted by molar-refractivity contribution is 5.66. The van der Waals surface area contributed by atoms with Crippen LogP contribution < -0.4 is 20.5 Å². The predicted molar refractivity (Wildman–Crippen MR) is 126 cm³/mol. The Kier molecular flexibility index (Phi) is 7.35. The van der Waals surface area contributed by atoms with Gasteiger partial charge in [-0.25, -0.2) is 9.97 Å². The molecule has 0 spiro atoms. The maximum atomic E-state index is 9.66. The van der Waals surface area contributed by atoms with E-state index >= 15 is 0 Å². The summed E-state index contributed by atoms with van der Waals surface area (Å²) in [6, 6.07) is 15.4. The quantitative estimate of drug-likeness (QED) is 0.535. The van der Waals surface area contributed by atoms with E-state index in [1.54, 1.807) is 12.3 Å². The molecule has 0 aliphatic carbocycles. The minimum Gasteiger partial charge on any atom is -0.492 e. The lowest BCUT2D eigenvalue weighted by Crippen LogP contribution is -2.26. The first-order valence-electron chi connectivity index (χ1n) is 11.0. The Labute approximate surface area is 193 Å². The lowest BCUT2D eigenvalue weighted by molar-refractivity contribution is 0.0254. The second kappa shape index (κ2) is 10.8. The van der Waals surface area contributed by atoms with Gasteiger partial charge in [-0.3, -0.25) is 0 Å². The Morgan fingerprint density at radius 3 is 2.79 bits per heavy atom. The molecule has 2 aromatic carbocycles. The van der Waals surface area contributed by atoms with Crippen LogP contribution in [0.1, 0.15) is 24.0 Å². The molecule has 4 rings (SSSR count). The summed E-state index contributed by atoms with van der Waals surface area (Å²) >= 11 is 0. The fourth-order valence-electron chi connectivity index (χ4n) is 3.56. The molecule has 0 atom stereocenters. The summed E-state index contributed by atoms with van der Waals surface area (Å²) in [4.78, 5) is 8.95. The first-order valence-corrected chi connectivity index (χ1v) is 11.0. The molecule has 3 aromatic rings. The van der Waals surface area contributed by atoms with Gasteiger partial charge in [-0.1, -0.05) is 6.07 Å². The van der Waals surface area contributed by atoms with E-state index in [4.69, 9.17) is 19.9 Å². The number of nitrogens with zero attached hydrogens (tertiary/aromatic N) is 3. The van der Waals surface area contributed by atoms with E-state index in [1.165, 1.54) is 0 Å². The molecule has 1 saturated heterocycles. The van der Waals surface area contributed by atoms with Crippen molar-refractivity contribution in [3.05, 3.63) is 59.8 Å². The fourth-order valence-corrected chi connectivity index (χ4v) is 3.56. The molecule has 33 heavy (non-hydrogen) atoms. The number of anilines is 2. The molecule has 0 unspecified atom stereocenters. The minimum atomic E-state index is 0.0692. The molecular formula is C25H27N5O3. The van der Waals surface area contributed by atoms with E-state index in [0.29, 0.717) is 49.3 Å². The van der Waals surface area contributed by atoms with Crippen LogP contribution in [-0.2, 0) is 4.74 Å². The molecule has 1 aliphatic rings. The molecule has 0 bridgehead atoms. The summed E-state index contributed by atoms with van der Waals surface area (Å²) < 4.78 is 17.1. The molecular weight excluding hydrogens is 418 g/mol. The van der Waals surface area contributed by atoms with Gasteiger partial charge in [0.15, 0.2) is 0 Å². The Balaban J connectivity index is 1.52. The number of ether oxygens (including phenoxy) is 3. The summed E-state index contributed by atoms with van der Waals surface area (Å²) in [5.41, 5.74) is 9.37. The van der Waals surface area contributed by atoms with Gasteiger partial charge < -0.3 is 25.3 Å². The monoisotopic (exact) mass is 445 g/mol. The third-order valence-electron chi connectivity index (χ3n) is 5.33. The van der Waals surface area contributed by atoms with Crippen LogP contribution in [0.4, 0.5) is 11.6 Å². The second-order valence-corrected chi connectivity index (χ2v) is 7.76. The van der Waals surface area contributed by atoms with Gasteiger partial charge in [0.25, 0.3) is 0 Å². The zero-order valence-electron chi connectivity index (χ0n) is 18.6. The van der Waals surface area contributed by atoms with Crippen molar-refractivity contribution in [2.75, 3.05) is 31.7 Å². The molecule has 1 aromatic heterocycles. The number of benzene rings is 2. The maximum Gasteiger partial charge on any atom is 0.227 e. The van der Waals surface area contributed by atoms with Gasteiger partial charge in [0.05, 0.1) is 24.5 Å². The average molecular weight is 446 g/mol. The summed E-state index contributed by atoms with van der Waals surface area (Å²) in [5.74, 6) is 1.80. The van der Waals surface area contributed by atoms with E-state index in [2.05, 4.69) is 21.4 Å². The molecule has 3 N–H and O–H groups in total. The van der Waals surface area contributed by atoms with Crippen molar-refractivity contribution in [3.8, 4) is 28.8 Å². The number of rotatable bonds is 8. The molecule has 0 radical (unpaired) electrons. The van der Waals surface area contributed by atoms with Crippen molar-refractivity contribution in [1.29, 1.82) is 5.26 Å². The first kappa shape index (κ1) is 22.5. The van der Waals surface area contributed by atoms with Crippen molar-refractivity contribution in [2.24, 2.45) is 5.73 Å². The number of aromatic nitrogens is 2. The van der Waals surface area contributed by atoms with Crippen molar-refractivity contribution in [1.82, 2.24) is 9.97 Å². The second-order valence-electron chi connectivity index (χ2n) is 7.76. The highest BCUT2D eigenvalue weighted by Gasteiger charge is 2.17. The number of hydrogen-bond donors (Lipinski definition) is 2. The first-order chi connectivity index (χ1) is 16.2. The van der Waals surface area contributed by atoms with Gasteiger partial charge in [0, 0.05) is 42.9 Å². The minimum absolute atomic E-state index is 0.0692. The van der Waals surface area contributed by atoms with Crippen LogP contribution in [0.3, 0.4) is 0 Å². The molecule has 8 heteroatoms. The summed E-state index contributed by atoms with van der Waals surface area (Å²) in [6.45, 7) is 4.25. The Hall–Kier alpha value is -3.67. The van der Waals surface area contributed by atoms with E-state index in [0.717, 1.165) is 35.4 Å². The van der Waals surface area contributed by atoms with E-state index in [-0.39, 0.29) is 6.10 Å². The number of nitrogens with one attached hydrogen (secondary N) is 1. The predicted octanol–water partition coefficient (Wildman–Crippen LogP) is 3.96. The van der Waals surface area contributed by atoms with Crippen molar-refractivity contribution in [2.45, 2.75) is 25.9 Å². The standard InChI is InChI=1S/C25H27N5O3/c1-17-2-4-20(15-24(17)32-13-9-26)29-25-28-10-6-22(30-25)18-3-5-23(19(14-18)16-27)33-21-7-11-31-12-8-21/h2-6,10,14-15,21H,7-9,11-13,26H2,1H3,(H,28,29,30). The van der Waals surface area contributed by atoms with Crippen LogP contribution in [0.2, 0.25) is 0 Å². The summed E-state index contributed by atoms with van der Waals surface area (Å²) in [7, 11) is 0. The molecule has 0 amide bonds. The summed E-state index contributed by atoms with van der Waals surface area (Å²) in [5, 5.41) is 12.9. The van der Waals surface area contributed by atoms with Gasteiger partial charge in [-0.15, -0.1) is 0 Å². The van der Waals surface area contributed by atoms with Gasteiger partial charge >= 0.3 is 0 Å². The smallest absolute Gasteiger partial charge is 0.227 e. The summed E-state index contributed by atoms with van der Waals surface area (Å²) in [6.07, 6.45) is 3.40. The lowest BCUT2D eigenvalue weighted by atomic mass is 10.1. The van der Waals surface area contributed by atoms with Gasteiger partial charge in [0.1, 0.15) is 30.3 Å². The number of nitrogens with two attached hydrogens (primary N) is 1. The SMILES string of the molecule is Cc1ccc(Nc2nccc(-c3ccc(OC4CCOCC4)c(C#N)c3)n2)cc1OCCN. The van der Waals surface area contributed by atoms with Crippen molar-refractivity contribution in [3.63, 3.8) is 0 Å². The van der Waals surface area contributed by atoms with E-state index in [9.17, 15) is 5.26 Å². The zero-order valence-corrected chi connectivity index (χ0v) is 18.6. The van der Waals surface area contributed by atoms with E-state index < -0.39 is 0 Å². The topological polar surface area (TPSA) is 115 Å². The third-order valence-corrected chi connectivity index (χ3v) is 5.33. The van der Waals surface area contributed by atoms with Crippen LogP contribution in [-0.4, -0.2) is 42.4 Å². The van der Waals surface area contributed by atoms with Gasteiger partial charge in [-0.05, 0) is 42.8 Å². The molecule has 8 nitrogen and oxygen atoms in total.